The summed E-state index contributed by atoms with van der Waals surface area (Å²) in [5.74, 6) is -0.547. The highest BCUT2D eigenvalue weighted by Gasteiger charge is 2.14. The summed E-state index contributed by atoms with van der Waals surface area (Å²) in [6, 6.07) is 9.39. The lowest BCUT2D eigenvalue weighted by molar-refractivity contribution is 0.0461. The molecule has 1 aromatic carbocycles. The van der Waals surface area contributed by atoms with E-state index in [1.807, 2.05) is 30.3 Å². The van der Waals surface area contributed by atoms with Gasteiger partial charge in [0.2, 0.25) is 0 Å². The monoisotopic (exact) mass is 230 g/mol. The predicted molar refractivity (Wildman–Crippen MR) is 57.9 cm³/mol. The van der Waals surface area contributed by atoms with Crippen LogP contribution in [0.3, 0.4) is 0 Å². The Balaban J connectivity index is 2.01. The van der Waals surface area contributed by atoms with Gasteiger partial charge in [-0.15, -0.1) is 10.2 Å². The van der Waals surface area contributed by atoms with Gasteiger partial charge in [-0.3, -0.25) is 0 Å². The molecule has 6 nitrogen and oxygen atoms in total. The molecule has 86 valence electrons. The van der Waals surface area contributed by atoms with Crippen molar-refractivity contribution in [1.82, 2.24) is 20.6 Å². The molecule has 2 aromatic rings. The lowest BCUT2D eigenvalue weighted by atomic mass is 10.2. The van der Waals surface area contributed by atoms with Crippen LogP contribution < -0.4 is 0 Å². The van der Waals surface area contributed by atoms with Crippen LogP contribution in [-0.2, 0) is 11.3 Å². The second-order valence-corrected chi connectivity index (χ2v) is 3.37. The fourth-order valence-electron chi connectivity index (χ4n) is 1.25. The molecule has 17 heavy (non-hydrogen) atoms. The first kappa shape index (κ1) is 11.1. The third kappa shape index (κ3) is 2.81. The van der Waals surface area contributed by atoms with Gasteiger partial charge in [0.05, 0.1) is 5.69 Å². The standard InChI is InChI=1S/C11H10N4O2/c1-8-10(13-15-14-12-8)11(16)17-7-9-5-3-2-4-6-9/h2-6H,7H2,1H3. The number of ether oxygens (including phenoxy) is 1. The van der Waals surface area contributed by atoms with Gasteiger partial charge in [0.15, 0.2) is 5.69 Å². The number of hydrogen-bond donors (Lipinski definition) is 0. The fraction of sp³-hybridized carbons (Fsp3) is 0.182. The molecule has 1 aromatic heterocycles. The van der Waals surface area contributed by atoms with Crippen molar-refractivity contribution in [2.45, 2.75) is 13.5 Å². The lowest BCUT2D eigenvalue weighted by Gasteiger charge is -2.04. The number of benzene rings is 1. The largest absolute Gasteiger partial charge is 0.456 e. The van der Waals surface area contributed by atoms with Crippen molar-refractivity contribution in [2.75, 3.05) is 0 Å². The Hall–Kier alpha value is -2.37. The second-order valence-electron chi connectivity index (χ2n) is 3.37. The first-order valence-electron chi connectivity index (χ1n) is 5.01. The minimum Gasteiger partial charge on any atom is -0.456 e. The molecule has 6 heteroatoms. The molecule has 0 radical (unpaired) electrons. The van der Waals surface area contributed by atoms with Crippen LogP contribution in [0.4, 0.5) is 0 Å². The summed E-state index contributed by atoms with van der Waals surface area (Å²) >= 11 is 0. The van der Waals surface area contributed by atoms with Crippen LogP contribution in [-0.4, -0.2) is 26.6 Å². The van der Waals surface area contributed by atoms with Gasteiger partial charge in [-0.1, -0.05) is 30.3 Å². The number of aromatic nitrogens is 4. The van der Waals surface area contributed by atoms with Crippen molar-refractivity contribution < 1.29 is 9.53 Å². The maximum absolute atomic E-state index is 11.6. The third-order valence-corrected chi connectivity index (χ3v) is 2.13. The number of esters is 1. The van der Waals surface area contributed by atoms with Gasteiger partial charge in [0.1, 0.15) is 6.61 Å². The van der Waals surface area contributed by atoms with E-state index >= 15 is 0 Å². The van der Waals surface area contributed by atoms with Crippen LogP contribution in [0.15, 0.2) is 30.3 Å². The highest BCUT2D eigenvalue weighted by atomic mass is 16.5. The quantitative estimate of drug-likeness (QED) is 0.730. The van der Waals surface area contributed by atoms with E-state index in [1.165, 1.54) is 0 Å². The van der Waals surface area contributed by atoms with Crippen molar-refractivity contribution in [2.24, 2.45) is 0 Å². The van der Waals surface area contributed by atoms with Crippen LogP contribution in [0.2, 0.25) is 0 Å². The predicted octanol–water partition coefficient (Wildman–Crippen LogP) is 0.932. The van der Waals surface area contributed by atoms with E-state index in [-0.39, 0.29) is 12.3 Å². The molecule has 2 rings (SSSR count). The van der Waals surface area contributed by atoms with Crippen molar-refractivity contribution in [3.63, 3.8) is 0 Å². The van der Waals surface area contributed by atoms with E-state index in [2.05, 4.69) is 20.6 Å². The Labute approximate surface area is 97.6 Å². The molecular weight excluding hydrogens is 220 g/mol. The van der Waals surface area contributed by atoms with Crippen LogP contribution in [0.1, 0.15) is 21.7 Å². The highest BCUT2D eigenvalue weighted by Crippen LogP contribution is 2.05. The Kier molecular flexibility index (Phi) is 3.34. The maximum atomic E-state index is 11.6. The Morgan fingerprint density at radius 3 is 2.59 bits per heavy atom. The fourth-order valence-corrected chi connectivity index (χ4v) is 1.25. The zero-order valence-corrected chi connectivity index (χ0v) is 9.20. The van der Waals surface area contributed by atoms with Gasteiger partial charge >= 0.3 is 5.97 Å². The summed E-state index contributed by atoms with van der Waals surface area (Å²) in [6.07, 6.45) is 0. The minimum absolute atomic E-state index is 0.0935. The van der Waals surface area contributed by atoms with E-state index < -0.39 is 5.97 Å². The van der Waals surface area contributed by atoms with Crippen molar-refractivity contribution >= 4 is 5.97 Å². The molecule has 0 bridgehead atoms. The molecule has 0 aliphatic carbocycles. The van der Waals surface area contributed by atoms with Crippen LogP contribution in [0, 0.1) is 6.92 Å². The van der Waals surface area contributed by atoms with Crippen molar-refractivity contribution in [3.8, 4) is 0 Å². The van der Waals surface area contributed by atoms with Gasteiger partial charge in [0, 0.05) is 0 Å². The van der Waals surface area contributed by atoms with Crippen LogP contribution in [0.25, 0.3) is 0 Å². The summed E-state index contributed by atoms with van der Waals surface area (Å²) in [5, 5.41) is 13.9. The van der Waals surface area contributed by atoms with E-state index in [4.69, 9.17) is 4.74 Å². The number of carbonyl (C=O) groups excluding carboxylic acids is 1. The molecule has 0 unspecified atom stereocenters. The van der Waals surface area contributed by atoms with Crippen molar-refractivity contribution in [1.29, 1.82) is 0 Å². The average molecular weight is 230 g/mol. The summed E-state index contributed by atoms with van der Waals surface area (Å²) in [7, 11) is 0. The molecule has 0 N–H and O–H groups in total. The summed E-state index contributed by atoms with van der Waals surface area (Å²) in [5.41, 5.74) is 1.41. The molecule has 0 aliphatic rings. The van der Waals surface area contributed by atoms with E-state index in [0.29, 0.717) is 5.69 Å². The molecule has 0 fully saturated rings. The van der Waals surface area contributed by atoms with E-state index in [0.717, 1.165) is 5.56 Å². The SMILES string of the molecule is Cc1nnnnc1C(=O)OCc1ccccc1. The van der Waals surface area contributed by atoms with Crippen molar-refractivity contribution in [3.05, 3.63) is 47.3 Å². The van der Waals surface area contributed by atoms with Gasteiger partial charge < -0.3 is 4.74 Å². The summed E-state index contributed by atoms with van der Waals surface area (Å²) < 4.78 is 5.09. The molecule has 0 saturated heterocycles. The summed E-state index contributed by atoms with van der Waals surface area (Å²) in [4.78, 5) is 11.6. The maximum Gasteiger partial charge on any atom is 0.361 e. The number of carbonyl (C=O) groups is 1. The first-order valence-corrected chi connectivity index (χ1v) is 5.01. The highest BCUT2D eigenvalue weighted by molar-refractivity contribution is 5.87. The number of nitrogens with zero attached hydrogens (tertiary/aromatic N) is 4. The molecule has 0 amide bonds. The summed E-state index contributed by atoms with van der Waals surface area (Å²) in [6.45, 7) is 1.82. The van der Waals surface area contributed by atoms with Gasteiger partial charge in [-0.05, 0) is 22.9 Å². The van der Waals surface area contributed by atoms with E-state index in [1.54, 1.807) is 6.92 Å². The Morgan fingerprint density at radius 1 is 1.18 bits per heavy atom. The number of hydrogen-bond acceptors (Lipinski definition) is 6. The zero-order valence-electron chi connectivity index (χ0n) is 9.20. The molecule has 1 heterocycles. The molecular formula is C11H10N4O2. The topological polar surface area (TPSA) is 77.9 Å². The van der Waals surface area contributed by atoms with Crippen LogP contribution >= 0.6 is 0 Å². The Bertz CT molecular complexity index is 516. The van der Waals surface area contributed by atoms with E-state index in [9.17, 15) is 4.79 Å². The normalized spacial score (nSPS) is 9.94. The Morgan fingerprint density at radius 2 is 1.88 bits per heavy atom. The smallest absolute Gasteiger partial charge is 0.361 e. The molecule has 0 aliphatic heterocycles. The number of rotatable bonds is 3. The van der Waals surface area contributed by atoms with Gasteiger partial charge in [0.25, 0.3) is 0 Å². The average Bonchev–Trinajstić information content (AvgIpc) is 2.38. The van der Waals surface area contributed by atoms with Gasteiger partial charge in [-0.25, -0.2) is 4.79 Å². The molecule has 0 spiro atoms. The third-order valence-electron chi connectivity index (χ3n) is 2.13. The zero-order chi connectivity index (χ0) is 12.1. The molecule has 0 atom stereocenters. The number of aryl methyl sites for hydroxylation is 1. The minimum atomic E-state index is -0.547. The second kappa shape index (κ2) is 5.11. The van der Waals surface area contributed by atoms with Gasteiger partial charge in [-0.2, -0.15) is 0 Å². The first-order chi connectivity index (χ1) is 8.27. The molecule has 0 saturated carbocycles. The van der Waals surface area contributed by atoms with Crippen LogP contribution in [0.5, 0.6) is 0 Å². The lowest BCUT2D eigenvalue weighted by Crippen LogP contribution is -2.12.